The molecule has 0 atom stereocenters. The first kappa shape index (κ1) is 26.3. The van der Waals surface area contributed by atoms with Crippen molar-refractivity contribution in [1.29, 1.82) is 0 Å². The van der Waals surface area contributed by atoms with E-state index < -0.39 is 3.79 Å². The van der Waals surface area contributed by atoms with Crippen molar-refractivity contribution in [2.45, 2.75) is 10.7 Å². The summed E-state index contributed by atoms with van der Waals surface area (Å²) >= 11 is 20.3. The summed E-state index contributed by atoms with van der Waals surface area (Å²) in [6, 6.07) is 18.6. The third kappa shape index (κ3) is 16.3. The Morgan fingerprint density at radius 3 is 1.36 bits per heavy atom. The van der Waals surface area contributed by atoms with Crippen LogP contribution in [0.5, 0.6) is 0 Å². The summed E-state index contributed by atoms with van der Waals surface area (Å²) in [5, 5.41) is 0.491. The lowest BCUT2D eigenvalue weighted by Crippen LogP contribution is -1.99. The van der Waals surface area contributed by atoms with E-state index in [1.54, 1.807) is 0 Å². The summed E-state index contributed by atoms with van der Waals surface area (Å²) < 4.78 is -1.08. The molecule has 2 aromatic carbocycles. The fraction of sp³-hybridized carbons (Fsp3) is 0.105. The van der Waals surface area contributed by atoms with E-state index in [2.05, 4.69) is 13.2 Å². The van der Waals surface area contributed by atoms with Gasteiger partial charge in [-0.3, -0.25) is 4.79 Å². The Bertz CT molecular complexity index is 586. The molecule has 136 valence electrons. The van der Waals surface area contributed by atoms with Crippen LogP contribution in [0, 0.1) is 0 Å². The van der Waals surface area contributed by atoms with E-state index in [9.17, 15) is 4.79 Å². The zero-order valence-electron chi connectivity index (χ0n) is 13.6. The normalized spacial score (nSPS) is 9.16. The van der Waals surface area contributed by atoms with Gasteiger partial charge in [0.1, 0.15) is 0 Å². The lowest BCUT2D eigenvalue weighted by molar-refractivity contribution is 0.103. The quantitative estimate of drug-likeness (QED) is 0.272. The van der Waals surface area contributed by atoms with Gasteiger partial charge in [0, 0.05) is 16.2 Å². The number of rotatable bonds is 3. The van der Waals surface area contributed by atoms with Gasteiger partial charge in [0.25, 0.3) is 0 Å². The summed E-state index contributed by atoms with van der Waals surface area (Å²) in [4.78, 5) is 11.8. The molecule has 25 heavy (non-hydrogen) atoms. The smallest absolute Gasteiger partial charge is 0.193 e. The number of carbonyl (C=O) groups excluding carboxylic acids is 1. The van der Waals surface area contributed by atoms with Gasteiger partial charge < -0.3 is 0 Å². The van der Waals surface area contributed by atoms with Crippen LogP contribution >= 0.6 is 58.8 Å². The maximum absolute atomic E-state index is 11.8. The Kier molecular flexibility index (Phi) is 15.0. The van der Waals surface area contributed by atoms with E-state index >= 15 is 0 Å². The van der Waals surface area contributed by atoms with Crippen molar-refractivity contribution in [3.8, 4) is 0 Å². The maximum Gasteiger partial charge on any atom is 0.193 e. The van der Waals surface area contributed by atoms with Gasteiger partial charge in [0.2, 0.25) is 0 Å². The standard InChI is InChI=1S/C13H10O.C4H5Cl.C2H3Cl3.ClH/c14-13(11-7-3-1-4-8-11)12-9-5-2-6-10-12;1-3-4(2)5;1-2(3,4)5;/h1-10H;3H,1-2H2;1H3;1H. The molecule has 0 unspecified atom stereocenters. The molecular formula is C19H19Cl5O. The Hall–Kier alpha value is -0.960. The Balaban J connectivity index is 0. The molecule has 0 aliphatic carbocycles. The van der Waals surface area contributed by atoms with Crippen LogP contribution in [0.15, 0.2) is 84.9 Å². The SMILES string of the molecule is C=CC(=C)Cl.CC(Cl)(Cl)Cl.Cl.O=C(c1ccccc1)c1ccccc1. The predicted molar refractivity (Wildman–Crippen MR) is 115 cm³/mol. The first-order valence-corrected chi connectivity index (χ1v) is 8.34. The fourth-order valence-corrected chi connectivity index (χ4v) is 1.35. The molecule has 0 aromatic heterocycles. The molecule has 0 heterocycles. The van der Waals surface area contributed by atoms with E-state index in [0.29, 0.717) is 5.03 Å². The lowest BCUT2D eigenvalue weighted by Gasteiger charge is -1.99. The van der Waals surface area contributed by atoms with Crippen molar-refractivity contribution in [2.24, 2.45) is 0 Å². The molecule has 0 amide bonds. The average Bonchev–Trinajstić information content (AvgIpc) is 2.55. The van der Waals surface area contributed by atoms with Crippen LogP contribution in [0.1, 0.15) is 22.8 Å². The van der Waals surface area contributed by atoms with E-state index in [1.807, 2.05) is 60.7 Å². The summed E-state index contributed by atoms with van der Waals surface area (Å²) in [6.45, 7) is 8.13. The molecule has 2 aromatic rings. The molecule has 1 nitrogen and oxygen atoms in total. The monoisotopic (exact) mass is 438 g/mol. The molecule has 2 rings (SSSR count). The van der Waals surface area contributed by atoms with Gasteiger partial charge in [0.15, 0.2) is 9.58 Å². The van der Waals surface area contributed by atoms with E-state index in [1.165, 1.54) is 13.0 Å². The second-order valence-corrected chi connectivity index (χ2v) is 7.83. The molecule has 0 bridgehead atoms. The average molecular weight is 441 g/mol. The number of carbonyl (C=O) groups is 1. The zero-order valence-corrected chi connectivity index (χ0v) is 17.4. The third-order valence-corrected chi connectivity index (χ3v) is 2.45. The number of alkyl halides is 3. The molecule has 0 saturated carbocycles. The number of allylic oxidation sites excluding steroid dienone is 2. The van der Waals surface area contributed by atoms with Crippen LogP contribution in [0.3, 0.4) is 0 Å². The van der Waals surface area contributed by atoms with Crippen LogP contribution < -0.4 is 0 Å². The number of hydrogen-bond donors (Lipinski definition) is 0. The molecule has 0 aliphatic rings. The highest BCUT2D eigenvalue weighted by molar-refractivity contribution is 6.67. The Labute approximate surface area is 175 Å². The molecule has 0 fully saturated rings. The molecular weight excluding hydrogens is 421 g/mol. The minimum atomic E-state index is -1.08. The van der Waals surface area contributed by atoms with Crippen molar-refractivity contribution < 1.29 is 4.79 Å². The third-order valence-electron chi connectivity index (χ3n) is 2.29. The second kappa shape index (κ2) is 14.2. The number of ketones is 1. The Morgan fingerprint density at radius 2 is 1.16 bits per heavy atom. The van der Waals surface area contributed by atoms with E-state index in [0.717, 1.165) is 11.1 Å². The zero-order chi connectivity index (χ0) is 18.6. The highest BCUT2D eigenvalue weighted by Gasteiger charge is 2.07. The first-order valence-electron chi connectivity index (χ1n) is 6.83. The Morgan fingerprint density at radius 1 is 0.920 bits per heavy atom. The van der Waals surface area contributed by atoms with Crippen molar-refractivity contribution >= 4 is 64.6 Å². The highest BCUT2D eigenvalue weighted by Crippen LogP contribution is 2.23. The first-order chi connectivity index (χ1) is 11.1. The summed E-state index contributed by atoms with van der Waals surface area (Å²) in [5.74, 6) is 0.0752. The van der Waals surface area contributed by atoms with Crippen LogP contribution in [-0.4, -0.2) is 9.58 Å². The molecule has 0 spiro atoms. The highest BCUT2D eigenvalue weighted by atomic mass is 35.6. The van der Waals surface area contributed by atoms with Gasteiger partial charge >= 0.3 is 0 Å². The molecule has 0 radical (unpaired) electrons. The van der Waals surface area contributed by atoms with E-state index in [4.69, 9.17) is 46.4 Å². The predicted octanol–water partition coefficient (Wildman–Crippen LogP) is 7.64. The van der Waals surface area contributed by atoms with Gasteiger partial charge in [-0.2, -0.15) is 0 Å². The minimum Gasteiger partial charge on any atom is -0.289 e. The van der Waals surface area contributed by atoms with Gasteiger partial charge in [-0.1, -0.05) is 126 Å². The van der Waals surface area contributed by atoms with Crippen molar-refractivity contribution in [1.82, 2.24) is 0 Å². The number of hydrogen-bond acceptors (Lipinski definition) is 1. The topological polar surface area (TPSA) is 17.1 Å². The summed E-state index contributed by atoms with van der Waals surface area (Å²) in [5.41, 5.74) is 1.47. The maximum atomic E-state index is 11.8. The second-order valence-electron chi connectivity index (χ2n) is 4.49. The largest absolute Gasteiger partial charge is 0.289 e. The molecule has 0 N–H and O–H groups in total. The van der Waals surface area contributed by atoms with Crippen LogP contribution in [0.25, 0.3) is 0 Å². The van der Waals surface area contributed by atoms with Crippen LogP contribution in [0.4, 0.5) is 0 Å². The summed E-state index contributed by atoms with van der Waals surface area (Å²) in [6.07, 6.45) is 1.49. The number of benzene rings is 2. The van der Waals surface area contributed by atoms with Gasteiger partial charge in [-0.25, -0.2) is 0 Å². The number of halogens is 5. The van der Waals surface area contributed by atoms with Gasteiger partial charge in [-0.05, 0) is 6.92 Å². The molecule has 6 heteroatoms. The molecule has 0 saturated heterocycles. The minimum absolute atomic E-state index is 0. The van der Waals surface area contributed by atoms with E-state index in [-0.39, 0.29) is 18.2 Å². The fourth-order valence-electron chi connectivity index (χ4n) is 1.35. The summed E-state index contributed by atoms with van der Waals surface area (Å²) in [7, 11) is 0. The lowest BCUT2D eigenvalue weighted by atomic mass is 10.0. The molecule has 0 aliphatic heterocycles. The van der Waals surface area contributed by atoms with Crippen molar-refractivity contribution in [2.75, 3.05) is 0 Å². The van der Waals surface area contributed by atoms with Crippen LogP contribution in [0.2, 0.25) is 0 Å². The van der Waals surface area contributed by atoms with Crippen molar-refractivity contribution in [3.05, 3.63) is 96.1 Å². The van der Waals surface area contributed by atoms with Gasteiger partial charge in [-0.15, -0.1) is 12.4 Å². The van der Waals surface area contributed by atoms with Crippen LogP contribution in [-0.2, 0) is 0 Å². The van der Waals surface area contributed by atoms with Gasteiger partial charge in [0.05, 0.1) is 0 Å². The van der Waals surface area contributed by atoms with Crippen molar-refractivity contribution in [3.63, 3.8) is 0 Å².